The monoisotopic (exact) mass is 355 g/mol. The molecule has 1 aliphatic carbocycles. The minimum Gasteiger partial charge on any atom is -0.393 e. The van der Waals surface area contributed by atoms with E-state index in [0.29, 0.717) is 23.4 Å². The van der Waals surface area contributed by atoms with Crippen LogP contribution in [0, 0.1) is 10.1 Å². The Morgan fingerprint density at radius 2 is 1.85 bits per heavy atom. The van der Waals surface area contributed by atoms with E-state index in [-0.39, 0.29) is 23.7 Å². The van der Waals surface area contributed by atoms with E-state index in [9.17, 15) is 20.0 Å². The highest BCUT2D eigenvalue weighted by Crippen LogP contribution is 2.24. The maximum atomic E-state index is 12.7. The number of rotatable bonds is 5. The highest BCUT2D eigenvalue weighted by molar-refractivity contribution is 6.00. The van der Waals surface area contributed by atoms with E-state index >= 15 is 0 Å². The molecular formula is C19H21N3O4. The quantitative estimate of drug-likeness (QED) is 0.563. The molecule has 2 atom stereocenters. The molecule has 0 heterocycles. The van der Waals surface area contributed by atoms with Gasteiger partial charge in [-0.25, -0.2) is 0 Å². The van der Waals surface area contributed by atoms with Gasteiger partial charge in [-0.3, -0.25) is 14.9 Å². The fraction of sp³-hybridized carbons (Fsp3) is 0.316. The molecule has 136 valence electrons. The molecule has 1 aliphatic rings. The van der Waals surface area contributed by atoms with Gasteiger partial charge in [0.1, 0.15) is 0 Å². The maximum absolute atomic E-state index is 12.7. The predicted molar refractivity (Wildman–Crippen MR) is 98.6 cm³/mol. The van der Waals surface area contributed by atoms with Crippen molar-refractivity contribution >= 4 is 23.0 Å². The third-order valence-corrected chi connectivity index (χ3v) is 4.51. The molecule has 3 N–H and O–H groups in total. The zero-order chi connectivity index (χ0) is 18.5. The van der Waals surface area contributed by atoms with Crippen LogP contribution in [-0.2, 0) is 0 Å². The molecule has 26 heavy (non-hydrogen) atoms. The SMILES string of the molecule is O=C(NC1CCCC(O)C1)c1ccccc1Nc1ccc([N+](=O)[O-])cc1. The van der Waals surface area contributed by atoms with Gasteiger partial charge in [-0.1, -0.05) is 12.1 Å². The molecule has 0 spiro atoms. The fourth-order valence-electron chi connectivity index (χ4n) is 3.17. The van der Waals surface area contributed by atoms with Gasteiger partial charge in [-0.15, -0.1) is 0 Å². The molecule has 0 aromatic heterocycles. The van der Waals surface area contributed by atoms with Gasteiger partial charge in [0, 0.05) is 23.9 Å². The van der Waals surface area contributed by atoms with Crippen LogP contribution in [0.1, 0.15) is 36.0 Å². The van der Waals surface area contributed by atoms with Crippen molar-refractivity contribution in [2.75, 3.05) is 5.32 Å². The first-order valence-corrected chi connectivity index (χ1v) is 8.62. The van der Waals surface area contributed by atoms with Crippen LogP contribution in [0.5, 0.6) is 0 Å². The number of nitro benzene ring substituents is 1. The Labute approximate surface area is 151 Å². The number of hydrogen-bond acceptors (Lipinski definition) is 5. The van der Waals surface area contributed by atoms with E-state index in [1.165, 1.54) is 12.1 Å². The molecule has 7 heteroatoms. The van der Waals surface area contributed by atoms with Crippen LogP contribution in [-0.4, -0.2) is 28.1 Å². The number of hydrogen-bond donors (Lipinski definition) is 3. The lowest BCUT2D eigenvalue weighted by molar-refractivity contribution is -0.384. The highest BCUT2D eigenvalue weighted by Gasteiger charge is 2.23. The standard InChI is InChI=1S/C19H21N3O4/c23-16-5-3-4-14(12-16)21-19(24)17-6-1-2-7-18(17)20-13-8-10-15(11-9-13)22(25)26/h1-2,6-11,14,16,20,23H,3-5,12H2,(H,21,24). The molecule has 7 nitrogen and oxygen atoms in total. The summed E-state index contributed by atoms with van der Waals surface area (Å²) in [7, 11) is 0. The molecule has 2 aromatic rings. The van der Waals surface area contributed by atoms with Gasteiger partial charge < -0.3 is 15.7 Å². The number of benzene rings is 2. The molecule has 2 aromatic carbocycles. The molecular weight excluding hydrogens is 334 g/mol. The summed E-state index contributed by atoms with van der Waals surface area (Å²) in [5.41, 5.74) is 1.78. The van der Waals surface area contributed by atoms with Crippen molar-refractivity contribution in [3.63, 3.8) is 0 Å². The van der Waals surface area contributed by atoms with Crippen LogP contribution in [0.3, 0.4) is 0 Å². The summed E-state index contributed by atoms with van der Waals surface area (Å²) >= 11 is 0. The molecule has 1 amide bonds. The summed E-state index contributed by atoms with van der Waals surface area (Å²) in [6, 6.07) is 13.1. The Morgan fingerprint density at radius 1 is 1.12 bits per heavy atom. The lowest BCUT2D eigenvalue weighted by Crippen LogP contribution is -2.39. The number of aliphatic hydroxyl groups excluding tert-OH is 1. The van der Waals surface area contributed by atoms with E-state index in [4.69, 9.17) is 0 Å². The van der Waals surface area contributed by atoms with Crippen LogP contribution in [0.2, 0.25) is 0 Å². The second kappa shape index (κ2) is 7.97. The number of non-ortho nitro benzene ring substituents is 1. The second-order valence-electron chi connectivity index (χ2n) is 6.47. The average Bonchev–Trinajstić information content (AvgIpc) is 2.62. The number of carbonyl (C=O) groups is 1. The van der Waals surface area contributed by atoms with Gasteiger partial charge in [0.2, 0.25) is 0 Å². The Balaban J connectivity index is 1.73. The number of aliphatic hydroxyl groups is 1. The van der Waals surface area contributed by atoms with E-state index in [1.54, 1.807) is 30.3 Å². The van der Waals surface area contributed by atoms with Crippen molar-refractivity contribution in [3.05, 3.63) is 64.2 Å². The van der Waals surface area contributed by atoms with Crippen molar-refractivity contribution in [2.45, 2.75) is 37.8 Å². The summed E-state index contributed by atoms with van der Waals surface area (Å²) in [5, 5.41) is 26.6. The van der Waals surface area contributed by atoms with Crippen molar-refractivity contribution in [3.8, 4) is 0 Å². The molecule has 1 fully saturated rings. The molecule has 3 rings (SSSR count). The first kappa shape index (κ1) is 17.9. The normalized spacial score (nSPS) is 19.6. The third-order valence-electron chi connectivity index (χ3n) is 4.51. The molecule has 2 unspecified atom stereocenters. The topological polar surface area (TPSA) is 104 Å². The Morgan fingerprint density at radius 3 is 2.54 bits per heavy atom. The lowest BCUT2D eigenvalue weighted by Gasteiger charge is -2.27. The smallest absolute Gasteiger partial charge is 0.269 e. The zero-order valence-corrected chi connectivity index (χ0v) is 14.2. The number of nitrogens with one attached hydrogen (secondary N) is 2. The Bertz CT molecular complexity index is 792. The van der Waals surface area contributed by atoms with Gasteiger partial charge in [0.05, 0.1) is 22.3 Å². The van der Waals surface area contributed by atoms with Gasteiger partial charge in [0.15, 0.2) is 0 Å². The van der Waals surface area contributed by atoms with Crippen LogP contribution in [0.4, 0.5) is 17.1 Å². The van der Waals surface area contributed by atoms with Gasteiger partial charge in [0.25, 0.3) is 11.6 Å². The van der Waals surface area contributed by atoms with Crippen molar-refractivity contribution in [2.24, 2.45) is 0 Å². The number of nitrogens with zero attached hydrogens (tertiary/aromatic N) is 1. The van der Waals surface area contributed by atoms with Crippen molar-refractivity contribution in [1.82, 2.24) is 5.32 Å². The fourth-order valence-corrected chi connectivity index (χ4v) is 3.17. The molecule has 0 saturated heterocycles. The van der Waals surface area contributed by atoms with Crippen LogP contribution < -0.4 is 10.6 Å². The van der Waals surface area contributed by atoms with E-state index < -0.39 is 4.92 Å². The number of amides is 1. The lowest BCUT2D eigenvalue weighted by atomic mass is 9.93. The minimum absolute atomic E-state index is 0.0115. The largest absolute Gasteiger partial charge is 0.393 e. The second-order valence-corrected chi connectivity index (χ2v) is 6.47. The van der Waals surface area contributed by atoms with Crippen LogP contribution in [0.25, 0.3) is 0 Å². The average molecular weight is 355 g/mol. The van der Waals surface area contributed by atoms with Gasteiger partial charge >= 0.3 is 0 Å². The number of para-hydroxylation sites is 1. The summed E-state index contributed by atoms with van der Waals surface area (Å²) in [4.78, 5) is 22.9. The van der Waals surface area contributed by atoms with Gasteiger partial charge in [-0.2, -0.15) is 0 Å². The summed E-state index contributed by atoms with van der Waals surface area (Å²) in [6.07, 6.45) is 2.76. The first-order chi connectivity index (χ1) is 12.5. The molecule has 0 bridgehead atoms. The molecule has 1 saturated carbocycles. The highest BCUT2D eigenvalue weighted by atomic mass is 16.6. The van der Waals surface area contributed by atoms with E-state index in [2.05, 4.69) is 10.6 Å². The summed E-state index contributed by atoms with van der Waals surface area (Å²) in [6.45, 7) is 0. The Hall–Kier alpha value is -2.93. The summed E-state index contributed by atoms with van der Waals surface area (Å²) < 4.78 is 0. The third kappa shape index (κ3) is 4.37. The summed E-state index contributed by atoms with van der Waals surface area (Å²) in [5.74, 6) is -0.200. The Kier molecular flexibility index (Phi) is 5.48. The van der Waals surface area contributed by atoms with Gasteiger partial charge in [-0.05, 0) is 49.9 Å². The molecule has 0 aliphatic heterocycles. The maximum Gasteiger partial charge on any atom is 0.269 e. The van der Waals surface area contributed by atoms with E-state index in [0.717, 1.165) is 19.3 Å². The van der Waals surface area contributed by atoms with Crippen LogP contribution >= 0.6 is 0 Å². The minimum atomic E-state index is -0.455. The number of anilines is 2. The van der Waals surface area contributed by atoms with E-state index in [1.807, 2.05) is 6.07 Å². The first-order valence-electron chi connectivity index (χ1n) is 8.62. The zero-order valence-electron chi connectivity index (χ0n) is 14.2. The molecule has 0 radical (unpaired) electrons. The van der Waals surface area contributed by atoms with Crippen molar-refractivity contribution in [1.29, 1.82) is 0 Å². The number of carbonyl (C=O) groups excluding carboxylic acids is 1. The predicted octanol–water partition coefficient (Wildman–Crippen LogP) is 3.37. The van der Waals surface area contributed by atoms with Crippen LogP contribution in [0.15, 0.2) is 48.5 Å². The van der Waals surface area contributed by atoms with Crippen molar-refractivity contribution < 1.29 is 14.8 Å². The number of nitro groups is 1.